The van der Waals surface area contributed by atoms with Crippen LogP contribution in [0.1, 0.15) is 61.9 Å². The third-order valence-electron chi connectivity index (χ3n) is 3.85. The van der Waals surface area contributed by atoms with Crippen LogP contribution in [-0.2, 0) is 6.42 Å². The SMILES string of the molecule is CC(C)CNCCCc1nnc(C2CCC(F)(F)CC2)s1. The molecule has 0 unspecified atom stereocenters. The Morgan fingerprint density at radius 1 is 1.29 bits per heavy atom. The number of hydrogen-bond acceptors (Lipinski definition) is 4. The number of alkyl halides is 2. The van der Waals surface area contributed by atoms with Crippen molar-refractivity contribution in [3.8, 4) is 0 Å². The molecule has 0 aromatic carbocycles. The molecule has 0 atom stereocenters. The van der Waals surface area contributed by atoms with Gasteiger partial charge in [-0.15, -0.1) is 21.5 Å². The molecule has 1 aromatic heterocycles. The summed E-state index contributed by atoms with van der Waals surface area (Å²) >= 11 is 1.61. The Hall–Kier alpha value is -0.620. The molecule has 2 rings (SSSR count). The van der Waals surface area contributed by atoms with Crippen LogP contribution >= 0.6 is 11.3 Å². The Labute approximate surface area is 129 Å². The molecule has 0 amide bonds. The van der Waals surface area contributed by atoms with Gasteiger partial charge in [-0.1, -0.05) is 13.8 Å². The zero-order valence-electron chi connectivity index (χ0n) is 12.9. The summed E-state index contributed by atoms with van der Waals surface area (Å²) in [5, 5.41) is 13.8. The van der Waals surface area contributed by atoms with Gasteiger partial charge in [0.25, 0.3) is 0 Å². The molecular formula is C15H25F2N3S. The fourth-order valence-corrected chi connectivity index (χ4v) is 3.63. The van der Waals surface area contributed by atoms with Crippen molar-refractivity contribution in [3.63, 3.8) is 0 Å². The van der Waals surface area contributed by atoms with Gasteiger partial charge in [0.2, 0.25) is 5.92 Å². The summed E-state index contributed by atoms with van der Waals surface area (Å²) < 4.78 is 26.3. The molecule has 1 fully saturated rings. The van der Waals surface area contributed by atoms with Crippen LogP contribution in [0, 0.1) is 5.92 Å². The summed E-state index contributed by atoms with van der Waals surface area (Å²) in [4.78, 5) is 0. The van der Waals surface area contributed by atoms with Crippen LogP contribution in [-0.4, -0.2) is 29.2 Å². The van der Waals surface area contributed by atoms with Crippen molar-refractivity contribution in [2.24, 2.45) is 5.92 Å². The first-order valence-corrected chi connectivity index (χ1v) is 8.69. The van der Waals surface area contributed by atoms with Gasteiger partial charge in [0, 0.05) is 25.2 Å². The van der Waals surface area contributed by atoms with Crippen LogP contribution in [0.2, 0.25) is 0 Å². The molecule has 1 N–H and O–H groups in total. The molecule has 1 aliphatic carbocycles. The van der Waals surface area contributed by atoms with Crippen molar-refractivity contribution >= 4 is 11.3 Å². The Morgan fingerprint density at radius 3 is 2.67 bits per heavy atom. The van der Waals surface area contributed by atoms with E-state index in [1.165, 1.54) is 0 Å². The van der Waals surface area contributed by atoms with Gasteiger partial charge in [-0.05, 0) is 38.3 Å². The average molecular weight is 317 g/mol. The Bertz CT molecular complexity index is 424. The molecule has 1 saturated carbocycles. The molecule has 0 aliphatic heterocycles. The highest BCUT2D eigenvalue weighted by molar-refractivity contribution is 7.11. The topological polar surface area (TPSA) is 37.8 Å². The van der Waals surface area contributed by atoms with Crippen molar-refractivity contribution in [1.82, 2.24) is 15.5 Å². The standard InChI is InChI=1S/C15H25F2N3S/c1-11(2)10-18-9-3-4-13-19-20-14(21-13)12-5-7-15(16,17)8-6-12/h11-12,18H,3-10H2,1-2H3. The predicted molar refractivity (Wildman–Crippen MR) is 82.1 cm³/mol. The summed E-state index contributed by atoms with van der Waals surface area (Å²) in [6.07, 6.45) is 3.03. The van der Waals surface area contributed by atoms with Gasteiger partial charge in [-0.3, -0.25) is 0 Å². The van der Waals surface area contributed by atoms with Gasteiger partial charge in [0.05, 0.1) is 0 Å². The van der Waals surface area contributed by atoms with Gasteiger partial charge < -0.3 is 5.32 Å². The minimum Gasteiger partial charge on any atom is -0.316 e. The van der Waals surface area contributed by atoms with Gasteiger partial charge in [0.1, 0.15) is 10.0 Å². The summed E-state index contributed by atoms with van der Waals surface area (Å²) in [7, 11) is 0. The molecule has 120 valence electrons. The Balaban J connectivity index is 1.72. The van der Waals surface area contributed by atoms with Crippen LogP contribution < -0.4 is 5.32 Å². The second kappa shape index (κ2) is 7.58. The number of hydrogen-bond donors (Lipinski definition) is 1. The van der Waals surface area contributed by atoms with Crippen molar-refractivity contribution in [1.29, 1.82) is 0 Å². The first kappa shape index (κ1) is 16.7. The van der Waals surface area contributed by atoms with E-state index < -0.39 is 5.92 Å². The van der Waals surface area contributed by atoms with E-state index in [4.69, 9.17) is 0 Å². The Kier molecular flexibility index (Phi) is 6.05. The third kappa shape index (κ3) is 5.58. The number of rotatable bonds is 7. The molecule has 0 bridgehead atoms. The molecule has 21 heavy (non-hydrogen) atoms. The van der Waals surface area contributed by atoms with Gasteiger partial charge in [-0.25, -0.2) is 8.78 Å². The highest BCUT2D eigenvalue weighted by Crippen LogP contribution is 2.41. The van der Waals surface area contributed by atoms with E-state index in [0.717, 1.165) is 35.9 Å². The number of halogens is 2. The average Bonchev–Trinajstić information content (AvgIpc) is 2.86. The van der Waals surface area contributed by atoms with Crippen LogP contribution in [0.4, 0.5) is 8.78 Å². The lowest BCUT2D eigenvalue weighted by Crippen LogP contribution is -2.23. The zero-order chi connectivity index (χ0) is 15.3. The molecular weight excluding hydrogens is 292 g/mol. The molecule has 1 heterocycles. The quantitative estimate of drug-likeness (QED) is 0.772. The maximum atomic E-state index is 13.2. The van der Waals surface area contributed by atoms with Crippen molar-refractivity contribution in [3.05, 3.63) is 10.0 Å². The van der Waals surface area contributed by atoms with Gasteiger partial charge in [0.15, 0.2) is 0 Å². The number of nitrogens with zero attached hydrogens (tertiary/aromatic N) is 2. The van der Waals surface area contributed by atoms with E-state index in [2.05, 4.69) is 29.4 Å². The smallest absolute Gasteiger partial charge is 0.248 e. The van der Waals surface area contributed by atoms with Crippen LogP contribution in [0.3, 0.4) is 0 Å². The van der Waals surface area contributed by atoms with Gasteiger partial charge in [-0.2, -0.15) is 0 Å². The van der Waals surface area contributed by atoms with E-state index in [1.54, 1.807) is 11.3 Å². The highest BCUT2D eigenvalue weighted by atomic mass is 32.1. The summed E-state index contributed by atoms with van der Waals surface area (Å²) in [5.41, 5.74) is 0. The maximum Gasteiger partial charge on any atom is 0.248 e. The van der Waals surface area contributed by atoms with Gasteiger partial charge >= 0.3 is 0 Å². The number of nitrogens with one attached hydrogen (secondary N) is 1. The summed E-state index contributed by atoms with van der Waals surface area (Å²) in [5.74, 6) is -1.61. The van der Waals surface area contributed by atoms with Crippen molar-refractivity contribution in [2.75, 3.05) is 13.1 Å². The molecule has 1 aromatic rings. The maximum absolute atomic E-state index is 13.2. The van der Waals surface area contributed by atoms with Crippen molar-refractivity contribution < 1.29 is 8.78 Å². The van der Waals surface area contributed by atoms with Crippen LogP contribution in [0.15, 0.2) is 0 Å². The van der Waals surface area contributed by atoms with E-state index in [0.29, 0.717) is 18.8 Å². The summed E-state index contributed by atoms with van der Waals surface area (Å²) in [6.45, 7) is 6.41. The van der Waals surface area contributed by atoms with E-state index in [9.17, 15) is 8.78 Å². The first-order chi connectivity index (χ1) is 9.96. The highest BCUT2D eigenvalue weighted by Gasteiger charge is 2.36. The Morgan fingerprint density at radius 2 is 2.00 bits per heavy atom. The minimum absolute atomic E-state index is 0.00823. The zero-order valence-corrected chi connectivity index (χ0v) is 13.7. The second-order valence-electron chi connectivity index (χ2n) is 6.37. The predicted octanol–water partition coefficient (Wildman–Crippen LogP) is 4.01. The molecule has 0 spiro atoms. The number of aryl methyl sites for hydroxylation is 1. The molecule has 0 saturated heterocycles. The molecule has 6 heteroatoms. The van der Waals surface area contributed by atoms with E-state index in [-0.39, 0.29) is 18.8 Å². The lowest BCUT2D eigenvalue weighted by molar-refractivity contribution is -0.0382. The summed E-state index contributed by atoms with van der Waals surface area (Å²) in [6, 6.07) is 0. The fraction of sp³-hybridized carbons (Fsp3) is 0.867. The largest absolute Gasteiger partial charge is 0.316 e. The van der Waals surface area contributed by atoms with E-state index in [1.807, 2.05) is 0 Å². The third-order valence-corrected chi connectivity index (χ3v) is 4.99. The van der Waals surface area contributed by atoms with Crippen LogP contribution in [0.25, 0.3) is 0 Å². The first-order valence-electron chi connectivity index (χ1n) is 7.87. The molecule has 0 radical (unpaired) electrons. The lowest BCUT2D eigenvalue weighted by atomic mass is 9.87. The number of aromatic nitrogens is 2. The van der Waals surface area contributed by atoms with Crippen LogP contribution in [0.5, 0.6) is 0 Å². The fourth-order valence-electron chi connectivity index (χ4n) is 2.58. The van der Waals surface area contributed by atoms with Crippen molar-refractivity contribution in [2.45, 2.75) is 64.2 Å². The van der Waals surface area contributed by atoms with E-state index >= 15 is 0 Å². The normalized spacial score (nSPS) is 19.3. The molecule has 3 nitrogen and oxygen atoms in total. The minimum atomic E-state index is -2.47. The molecule has 1 aliphatic rings. The monoisotopic (exact) mass is 317 g/mol. The second-order valence-corrected chi connectivity index (χ2v) is 7.46. The lowest BCUT2D eigenvalue weighted by Gasteiger charge is -2.26.